The van der Waals surface area contributed by atoms with Crippen molar-refractivity contribution in [2.75, 3.05) is 11.7 Å². The Hall–Kier alpha value is -1.43. The molecule has 0 radical (unpaired) electrons. The van der Waals surface area contributed by atoms with Gasteiger partial charge >= 0.3 is 0 Å². The molecular weight excluding hydrogens is 196 g/mol. The highest BCUT2D eigenvalue weighted by molar-refractivity contribution is 5.92. The number of amides is 1. The first-order valence-electron chi connectivity index (χ1n) is 4.68. The fourth-order valence-corrected chi connectivity index (χ4v) is 1.49. The van der Waals surface area contributed by atoms with Crippen LogP contribution in [0.2, 0.25) is 0 Å². The Morgan fingerprint density at radius 1 is 1.53 bits per heavy atom. The van der Waals surface area contributed by atoms with Crippen molar-refractivity contribution < 1.29 is 14.5 Å². The highest BCUT2D eigenvalue weighted by atomic mass is 16.7. The maximum Gasteiger partial charge on any atom is 0.253 e. The monoisotopic (exact) mass is 208 g/mol. The molecule has 1 amide bonds. The predicted octanol–water partition coefficient (Wildman–Crippen LogP) is 0.745. The maximum atomic E-state index is 11.4. The third kappa shape index (κ3) is 2.15. The molecule has 0 spiro atoms. The molecule has 2 rings (SSSR count). The summed E-state index contributed by atoms with van der Waals surface area (Å²) in [5.41, 5.74) is 1.62. The highest BCUT2D eigenvalue weighted by Crippen LogP contribution is 2.21. The highest BCUT2D eigenvalue weighted by Gasteiger charge is 2.23. The Morgan fingerprint density at radius 3 is 3.07 bits per heavy atom. The lowest BCUT2D eigenvalue weighted by Gasteiger charge is -2.14. The molecule has 0 unspecified atom stereocenters. The van der Waals surface area contributed by atoms with Crippen molar-refractivity contribution in [2.45, 2.75) is 13.0 Å². The Bertz CT molecular complexity index is 367. The van der Waals surface area contributed by atoms with E-state index in [-0.39, 0.29) is 5.91 Å². The molecule has 1 heterocycles. The molecule has 1 fully saturated rings. The van der Waals surface area contributed by atoms with Crippen molar-refractivity contribution in [1.29, 1.82) is 0 Å². The first kappa shape index (κ1) is 10.1. The van der Waals surface area contributed by atoms with E-state index in [1.165, 1.54) is 5.06 Å². The summed E-state index contributed by atoms with van der Waals surface area (Å²) >= 11 is 0. The summed E-state index contributed by atoms with van der Waals surface area (Å²) in [6.07, 6.45) is 0.428. The van der Waals surface area contributed by atoms with Crippen LogP contribution in [0.1, 0.15) is 12.0 Å². The van der Waals surface area contributed by atoms with Crippen LogP contribution >= 0.6 is 0 Å². The van der Waals surface area contributed by atoms with Gasteiger partial charge in [0, 0.05) is 0 Å². The molecule has 1 saturated heterocycles. The lowest BCUT2D eigenvalue weighted by Crippen LogP contribution is -2.22. The van der Waals surface area contributed by atoms with Gasteiger partial charge in [-0.15, -0.1) is 0 Å². The van der Waals surface area contributed by atoms with Crippen LogP contribution in [0.5, 0.6) is 0 Å². The number of nitrogens with zero attached hydrogens (tertiary/aromatic N) is 1. The van der Waals surface area contributed by atoms with E-state index in [0.717, 1.165) is 5.56 Å². The zero-order chi connectivity index (χ0) is 10.7. The molecule has 1 aromatic rings. The van der Waals surface area contributed by atoms with Gasteiger partial charge in [-0.1, -0.05) is 12.1 Å². The van der Waals surface area contributed by atoms with E-state index in [4.69, 9.17) is 10.7 Å². The van der Waals surface area contributed by atoms with Crippen molar-refractivity contribution in [3.63, 3.8) is 0 Å². The molecule has 5 nitrogen and oxygen atoms in total. The standard InChI is InChI=1S/C10H12N2O3/c11-14-7-8-2-1-3-9(6-8)12-10(13)4-5-15-12/h1-3,6H,4-5,7,11H2. The second-order valence-electron chi connectivity index (χ2n) is 3.25. The minimum absolute atomic E-state index is 0.0270. The summed E-state index contributed by atoms with van der Waals surface area (Å²) in [5.74, 6) is 4.95. The Morgan fingerprint density at radius 2 is 2.40 bits per heavy atom. The van der Waals surface area contributed by atoms with Crippen LogP contribution in [0.15, 0.2) is 24.3 Å². The largest absolute Gasteiger partial charge is 0.300 e. The predicted molar refractivity (Wildman–Crippen MR) is 53.5 cm³/mol. The maximum absolute atomic E-state index is 11.4. The van der Waals surface area contributed by atoms with E-state index < -0.39 is 0 Å². The fraction of sp³-hybridized carbons (Fsp3) is 0.300. The summed E-state index contributed by atoms with van der Waals surface area (Å²) < 4.78 is 0. The first-order valence-corrected chi connectivity index (χ1v) is 4.68. The zero-order valence-corrected chi connectivity index (χ0v) is 8.18. The van der Waals surface area contributed by atoms with Crippen molar-refractivity contribution in [1.82, 2.24) is 0 Å². The zero-order valence-electron chi connectivity index (χ0n) is 8.18. The van der Waals surface area contributed by atoms with Crippen LogP contribution in [0.3, 0.4) is 0 Å². The summed E-state index contributed by atoms with van der Waals surface area (Å²) in [6, 6.07) is 7.33. The lowest BCUT2D eigenvalue weighted by atomic mass is 10.2. The summed E-state index contributed by atoms with van der Waals surface area (Å²) in [6.45, 7) is 0.756. The van der Waals surface area contributed by atoms with Gasteiger partial charge in [-0.05, 0) is 17.7 Å². The summed E-state index contributed by atoms with van der Waals surface area (Å²) in [5, 5.41) is 1.31. The average Bonchev–Trinajstić information content (AvgIpc) is 2.65. The topological polar surface area (TPSA) is 64.8 Å². The van der Waals surface area contributed by atoms with E-state index in [1.54, 1.807) is 0 Å². The minimum atomic E-state index is -0.0270. The number of nitrogens with two attached hydrogens (primary N) is 1. The van der Waals surface area contributed by atoms with Crippen LogP contribution in [0.25, 0.3) is 0 Å². The molecule has 1 aliphatic rings. The number of hydroxylamine groups is 1. The van der Waals surface area contributed by atoms with Crippen molar-refractivity contribution >= 4 is 11.6 Å². The normalized spacial score (nSPS) is 16.1. The number of hydrogen-bond acceptors (Lipinski definition) is 4. The Labute approximate surface area is 87.3 Å². The number of carbonyl (C=O) groups excluding carboxylic acids is 1. The van der Waals surface area contributed by atoms with Crippen LogP contribution in [-0.4, -0.2) is 12.5 Å². The molecule has 1 aromatic carbocycles. The molecule has 0 bridgehead atoms. The van der Waals surface area contributed by atoms with E-state index in [9.17, 15) is 4.79 Å². The fourth-order valence-electron chi connectivity index (χ4n) is 1.49. The van der Waals surface area contributed by atoms with Gasteiger partial charge in [0.15, 0.2) is 0 Å². The van der Waals surface area contributed by atoms with Crippen LogP contribution in [0, 0.1) is 0 Å². The SMILES string of the molecule is NOCc1cccc(N2OCCC2=O)c1. The second kappa shape index (κ2) is 4.39. The van der Waals surface area contributed by atoms with E-state index in [2.05, 4.69) is 4.84 Å². The first-order chi connectivity index (χ1) is 7.31. The van der Waals surface area contributed by atoms with Gasteiger partial charge in [-0.25, -0.2) is 5.90 Å². The molecule has 0 atom stereocenters. The van der Waals surface area contributed by atoms with E-state index >= 15 is 0 Å². The summed E-state index contributed by atoms with van der Waals surface area (Å²) in [7, 11) is 0. The van der Waals surface area contributed by atoms with Crippen molar-refractivity contribution in [3.05, 3.63) is 29.8 Å². The lowest BCUT2D eigenvalue weighted by molar-refractivity contribution is -0.119. The molecule has 0 aliphatic carbocycles. The number of anilines is 1. The van der Waals surface area contributed by atoms with Gasteiger partial charge in [0.2, 0.25) is 0 Å². The molecule has 1 aliphatic heterocycles. The Kier molecular flexibility index (Phi) is 2.96. The van der Waals surface area contributed by atoms with Crippen LogP contribution in [-0.2, 0) is 21.1 Å². The smallest absolute Gasteiger partial charge is 0.253 e. The third-order valence-electron chi connectivity index (χ3n) is 2.16. The number of carbonyl (C=O) groups is 1. The van der Waals surface area contributed by atoms with Gasteiger partial charge in [0.1, 0.15) is 0 Å². The van der Waals surface area contributed by atoms with Gasteiger partial charge in [0.05, 0.1) is 25.3 Å². The number of benzene rings is 1. The van der Waals surface area contributed by atoms with E-state index in [1.807, 2.05) is 24.3 Å². The average molecular weight is 208 g/mol. The molecule has 5 heteroatoms. The van der Waals surface area contributed by atoms with Crippen LogP contribution in [0.4, 0.5) is 5.69 Å². The minimum Gasteiger partial charge on any atom is -0.300 e. The third-order valence-corrected chi connectivity index (χ3v) is 2.16. The van der Waals surface area contributed by atoms with E-state index in [0.29, 0.717) is 25.3 Å². The molecule has 80 valence electrons. The van der Waals surface area contributed by atoms with Gasteiger partial charge < -0.3 is 0 Å². The molecule has 2 N–H and O–H groups in total. The summed E-state index contributed by atoms with van der Waals surface area (Å²) in [4.78, 5) is 21.1. The van der Waals surface area contributed by atoms with Crippen molar-refractivity contribution in [3.8, 4) is 0 Å². The molecular formula is C10H12N2O3. The van der Waals surface area contributed by atoms with Gasteiger partial charge in [-0.2, -0.15) is 5.06 Å². The van der Waals surface area contributed by atoms with Crippen LogP contribution < -0.4 is 11.0 Å². The van der Waals surface area contributed by atoms with Crippen molar-refractivity contribution in [2.24, 2.45) is 5.90 Å². The molecule has 15 heavy (non-hydrogen) atoms. The molecule has 0 saturated carbocycles. The second-order valence-corrected chi connectivity index (χ2v) is 3.25. The number of hydrogen-bond donors (Lipinski definition) is 1. The number of rotatable bonds is 3. The Balaban J connectivity index is 2.20. The van der Waals surface area contributed by atoms with Gasteiger partial charge in [0.25, 0.3) is 5.91 Å². The molecule has 0 aromatic heterocycles. The quantitative estimate of drug-likeness (QED) is 0.744. The van der Waals surface area contributed by atoms with Gasteiger partial charge in [-0.3, -0.25) is 14.5 Å².